The zero-order valence-electron chi connectivity index (χ0n) is 17.9. The standard InChI is InChI=1S/C21H24ClN3O3S.CO2/c1-3-8-28-15-4-5-17-16(9-15)21(6-7-24(12-21)14(2)26)13-25(17)20(27)10-19-23-11-18(22)29-19;2-1-3/h4-5,9,11H,3,6-8,10,12-13H2,1-2H3;. The maximum absolute atomic E-state index is 13.1. The lowest BCUT2D eigenvalue weighted by molar-refractivity contribution is -0.191. The van der Waals surface area contributed by atoms with E-state index in [0.29, 0.717) is 35.6 Å². The minimum atomic E-state index is -0.247. The molecule has 32 heavy (non-hydrogen) atoms. The average molecular weight is 478 g/mol. The van der Waals surface area contributed by atoms with Crippen LogP contribution in [0, 0.1) is 0 Å². The molecule has 1 fully saturated rings. The summed E-state index contributed by atoms with van der Waals surface area (Å²) in [6.45, 7) is 6.23. The fraction of sp³-hybridized carbons (Fsp3) is 0.455. The fourth-order valence-electron chi connectivity index (χ4n) is 4.27. The van der Waals surface area contributed by atoms with Gasteiger partial charge in [-0.3, -0.25) is 9.59 Å². The van der Waals surface area contributed by atoms with Gasteiger partial charge in [-0.25, -0.2) is 4.98 Å². The number of benzene rings is 1. The molecule has 2 aliphatic rings. The topological polar surface area (TPSA) is 96.9 Å². The predicted octanol–water partition coefficient (Wildman–Crippen LogP) is 3.08. The molecule has 1 atom stereocenters. The van der Waals surface area contributed by atoms with Gasteiger partial charge in [0.2, 0.25) is 11.8 Å². The summed E-state index contributed by atoms with van der Waals surface area (Å²) < 4.78 is 6.42. The highest BCUT2D eigenvalue weighted by atomic mass is 35.5. The van der Waals surface area contributed by atoms with Crippen molar-refractivity contribution in [2.45, 2.75) is 38.5 Å². The average Bonchev–Trinajstić information content (AvgIpc) is 3.46. The molecule has 3 heterocycles. The number of aromatic nitrogens is 1. The van der Waals surface area contributed by atoms with E-state index in [-0.39, 0.29) is 29.8 Å². The molecule has 4 rings (SSSR count). The van der Waals surface area contributed by atoms with Crippen molar-refractivity contribution in [3.05, 3.63) is 39.3 Å². The van der Waals surface area contributed by atoms with E-state index in [2.05, 4.69) is 18.0 Å². The number of rotatable bonds is 5. The zero-order valence-corrected chi connectivity index (χ0v) is 19.5. The van der Waals surface area contributed by atoms with Gasteiger partial charge in [-0.15, -0.1) is 11.3 Å². The van der Waals surface area contributed by atoms with Gasteiger partial charge in [0, 0.05) is 37.7 Å². The Labute approximate surface area is 195 Å². The minimum absolute atomic E-state index is 0.00218. The fourth-order valence-corrected chi connectivity index (χ4v) is 5.21. The van der Waals surface area contributed by atoms with Gasteiger partial charge in [-0.2, -0.15) is 9.59 Å². The van der Waals surface area contributed by atoms with Gasteiger partial charge in [-0.05, 0) is 36.6 Å². The van der Waals surface area contributed by atoms with Crippen LogP contribution < -0.4 is 9.64 Å². The molecule has 8 nitrogen and oxygen atoms in total. The normalized spacial score (nSPS) is 18.7. The first-order valence-electron chi connectivity index (χ1n) is 10.3. The van der Waals surface area contributed by atoms with E-state index in [0.717, 1.165) is 29.8 Å². The van der Waals surface area contributed by atoms with Crippen molar-refractivity contribution in [1.82, 2.24) is 9.88 Å². The Morgan fingerprint density at radius 1 is 1.31 bits per heavy atom. The maximum atomic E-state index is 13.1. The van der Waals surface area contributed by atoms with Crippen LogP contribution >= 0.6 is 22.9 Å². The van der Waals surface area contributed by atoms with Gasteiger partial charge in [0.25, 0.3) is 0 Å². The summed E-state index contributed by atoms with van der Waals surface area (Å²) in [5.41, 5.74) is 1.76. The summed E-state index contributed by atoms with van der Waals surface area (Å²) in [6.07, 6.45) is 3.82. The van der Waals surface area contributed by atoms with E-state index in [9.17, 15) is 9.59 Å². The number of anilines is 1. The van der Waals surface area contributed by atoms with Crippen LogP contribution in [-0.4, -0.2) is 54.1 Å². The van der Waals surface area contributed by atoms with Crippen molar-refractivity contribution >= 4 is 46.6 Å². The largest absolute Gasteiger partial charge is 0.494 e. The Kier molecular flexibility index (Phi) is 7.66. The van der Waals surface area contributed by atoms with Crippen LogP contribution in [0.15, 0.2) is 24.4 Å². The lowest BCUT2D eigenvalue weighted by atomic mass is 9.81. The Morgan fingerprint density at radius 2 is 2.06 bits per heavy atom. The number of ether oxygens (including phenoxy) is 1. The molecule has 1 unspecified atom stereocenters. The molecule has 2 aromatic rings. The van der Waals surface area contributed by atoms with Gasteiger partial charge in [0.05, 0.1) is 19.2 Å². The number of thiazole rings is 1. The van der Waals surface area contributed by atoms with Crippen molar-refractivity contribution < 1.29 is 23.9 Å². The lowest BCUT2D eigenvalue weighted by Crippen LogP contribution is -2.40. The number of carbonyl (C=O) groups excluding carboxylic acids is 4. The van der Waals surface area contributed by atoms with E-state index < -0.39 is 0 Å². The van der Waals surface area contributed by atoms with Crippen LogP contribution in [0.4, 0.5) is 5.69 Å². The van der Waals surface area contributed by atoms with Crippen molar-refractivity contribution in [3.63, 3.8) is 0 Å². The molecule has 0 saturated carbocycles. The molecule has 2 amide bonds. The molecule has 0 radical (unpaired) electrons. The molecular weight excluding hydrogens is 454 g/mol. The molecule has 0 N–H and O–H groups in total. The van der Waals surface area contributed by atoms with Crippen molar-refractivity contribution in [2.75, 3.05) is 31.1 Å². The third-order valence-electron chi connectivity index (χ3n) is 5.69. The summed E-state index contributed by atoms with van der Waals surface area (Å²) >= 11 is 7.30. The van der Waals surface area contributed by atoms with E-state index in [4.69, 9.17) is 25.9 Å². The third kappa shape index (κ3) is 5.01. The van der Waals surface area contributed by atoms with Crippen molar-refractivity contribution in [2.24, 2.45) is 0 Å². The second-order valence-corrected chi connectivity index (χ2v) is 9.54. The quantitative estimate of drug-likeness (QED) is 0.656. The van der Waals surface area contributed by atoms with Crippen LogP contribution in [0.1, 0.15) is 37.3 Å². The van der Waals surface area contributed by atoms with E-state index in [1.165, 1.54) is 11.3 Å². The predicted molar refractivity (Wildman–Crippen MR) is 119 cm³/mol. The van der Waals surface area contributed by atoms with Gasteiger partial charge >= 0.3 is 6.15 Å². The Bertz CT molecular complexity index is 1040. The number of halogens is 1. The Morgan fingerprint density at radius 3 is 2.66 bits per heavy atom. The number of amides is 2. The first-order chi connectivity index (χ1) is 15.3. The molecule has 170 valence electrons. The van der Waals surface area contributed by atoms with Crippen LogP contribution in [0.3, 0.4) is 0 Å². The van der Waals surface area contributed by atoms with Crippen molar-refractivity contribution in [1.29, 1.82) is 0 Å². The molecular formula is C22H24ClN3O5S. The van der Waals surface area contributed by atoms with Crippen molar-refractivity contribution in [3.8, 4) is 5.75 Å². The van der Waals surface area contributed by atoms with Gasteiger partial charge in [-0.1, -0.05) is 18.5 Å². The zero-order chi connectivity index (χ0) is 23.3. The van der Waals surface area contributed by atoms with Gasteiger partial charge in [0.1, 0.15) is 15.1 Å². The molecule has 1 spiro atoms. The number of likely N-dealkylation sites (tertiary alicyclic amines) is 1. The number of nitrogens with zero attached hydrogens (tertiary/aromatic N) is 3. The van der Waals surface area contributed by atoms with Gasteiger partial charge < -0.3 is 14.5 Å². The first kappa shape index (κ1) is 23.9. The molecule has 1 aromatic heterocycles. The smallest absolute Gasteiger partial charge is 0.373 e. The minimum Gasteiger partial charge on any atom is -0.494 e. The number of fused-ring (bicyclic) bond motifs is 2. The number of hydrogen-bond donors (Lipinski definition) is 0. The van der Waals surface area contributed by atoms with Crippen LogP contribution in [0.2, 0.25) is 4.34 Å². The number of hydrogen-bond acceptors (Lipinski definition) is 7. The second-order valence-electron chi connectivity index (χ2n) is 7.80. The molecule has 0 bridgehead atoms. The molecule has 10 heteroatoms. The summed E-state index contributed by atoms with van der Waals surface area (Å²) in [5.74, 6) is 0.883. The summed E-state index contributed by atoms with van der Waals surface area (Å²) in [4.78, 5) is 49.3. The maximum Gasteiger partial charge on any atom is 0.373 e. The summed E-state index contributed by atoms with van der Waals surface area (Å²) in [5, 5.41) is 0.710. The highest BCUT2D eigenvalue weighted by molar-refractivity contribution is 7.15. The van der Waals surface area contributed by atoms with Gasteiger partial charge in [0.15, 0.2) is 0 Å². The molecule has 1 saturated heterocycles. The van der Waals surface area contributed by atoms with Crippen LogP contribution in [-0.2, 0) is 31.0 Å². The van der Waals surface area contributed by atoms with E-state index >= 15 is 0 Å². The highest BCUT2D eigenvalue weighted by Crippen LogP contribution is 2.48. The van der Waals surface area contributed by atoms with E-state index in [1.807, 2.05) is 21.9 Å². The second kappa shape index (κ2) is 10.3. The number of carbonyl (C=O) groups is 2. The Balaban J connectivity index is 0.000000913. The lowest BCUT2D eigenvalue weighted by Gasteiger charge is -2.25. The van der Waals surface area contributed by atoms with Crippen LogP contribution in [0.25, 0.3) is 0 Å². The Hall–Kier alpha value is -2.74. The summed E-state index contributed by atoms with van der Waals surface area (Å²) in [6, 6.07) is 5.95. The SMILES string of the molecule is CCCOc1ccc2c(c1)C1(CCN(C(C)=O)C1)CN2C(=O)Cc1ncc(Cl)s1.O=C=O. The van der Waals surface area contributed by atoms with Crippen LogP contribution in [0.5, 0.6) is 5.75 Å². The third-order valence-corrected chi connectivity index (χ3v) is 6.81. The highest BCUT2D eigenvalue weighted by Gasteiger charge is 2.49. The molecule has 2 aliphatic heterocycles. The molecule has 1 aromatic carbocycles. The van der Waals surface area contributed by atoms with E-state index in [1.54, 1.807) is 13.1 Å². The summed E-state index contributed by atoms with van der Waals surface area (Å²) in [7, 11) is 0. The monoisotopic (exact) mass is 477 g/mol. The molecule has 0 aliphatic carbocycles. The first-order valence-corrected chi connectivity index (χ1v) is 11.5.